The maximum Gasteiger partial charge on any atom is 0.397 e. The van der Waals surface area contributed by atoms with Crippen molar-refractivity contribution in [1.29, 1.82) is 0 Å². The second kappa shape index (κ2) is 5.23. The maximum atomic E-state index is 13.7. The van der Waals surface area contributed by atoms with Crippen molar-refractivity contribution in [2.24, 2.45) is 5.41 Å². The Hall–Kier alpha value is -1.08. The van der Waals surface area contributed by atoms with Crippen LogP contribution in [-0.4, -0.2) is 43.6 Å². The van der Waals surface area contributed by atoms with Crippen LogP contribution in [0.3, 0.4) is 0 Å². The fraction of sp³-hybridized carbons (Fsp3) is 0.600. The molecule has 0 radical (unpaired) electrons. The first kappa shape index (κ1) is 15.8. The molecule has 2 heterocycles. The Bertz CT molecular complexity index is 645. The van der Waals surface area contributed by atoms with Crippen molar-refractivity contribution in [3.63, 3.8) is 0 Å². The highest BCUT2D eigenvalue weighted by Crippen LogP contribution is 2.53. The molecule has 1 aromatic carbocycles. The molecule has 0 bridgehead atoms. The van der Waals surface area contributed by atoms with Gasteiger partial charge in [0.15, 0.2) is 9.84 Å². The molecule has 1 aromatic rings. The standard InChI is InChI=1S/C15H18F3NO2S/c16-15(17,18)14-7-4-8-22(20,21)13(14)10-19(11-14)9-12-5-2-1-3-6-12/h1-3,5-6,13H,4,7-11H2/t13-,14-/m0/s1. The van der Waals surface area contributed by atoms with Gasteiger partial charge in [-0.2, -0.15) is 13.2 Å². The van der Waals surface area contributed by atoms with E-state index in [-0.39, 0.29) is 31.7 Å². The fourth-order valence-corrected chi connectivity index (χ4v) is 6.06. The lowest BCUT2D eigenvalue weighted by Crippen LogP contribution is -2.53. The Balaban J connectivity index is 1.91. The van der Waals surface area contributed by atoms with Crippen molar-refractivity contribution in [2.75, 3.05) is 18.8 Å². The topological polar surface area (TPSA) is 37.4 Å². The van der Waals surface area contributed by atoms with E-state index < -0.39 is 26.7 Å². The van der Waals surface area contributed by atoms with E-state index in [1.165, 1.54) is 0 Å². The van der Waals surface area contributed by atoms with Crippen LogP contribution >= 0.6 is 0 Å². The fourth-order valence-electron chi connectivity index (χ4n) is 3.78. The van der Waals surface area contributed by atoms with Crippen LogP contribution in [0.25, 0.3) is 0 Å². The zero-order valence-electron chi connectivity index (χ0n) is 12.0. The highest BCUT2D eigenvalue weighted by molar-refractivity contribution is 7.92. The minimum absolute atomic E-state index is 0.0310. The van der Waals surface area contributed by atoms with Gasteiger partial charge in [-0.1, -0.05) is 30.3 Å². The molecule has 122 valence electrons. The number of fused-ring (bicyclic) bond motifs is 1. The number of alkyl halides is 3. The summed E-state index contributed by atoms with van der Waals surface area (Å²) in [5.41, 5.74) is -1.20. The molecule has 0 spiro atoms. The molecule has 0 amide bonds. The van der Waals surface area contributed by atoms with Gasteiger partial charge in [-0.25, -0.2) is 8.42 Å². The molecule has 0 N–H and O–H groups in total. The number of sulfone groups is 1. The number of likely N-dealkylation sites (tertiary alicyclic amines) is 1. The van der Waals surface area contributed by atoms with Crippen molar-refractivity contribution in [2.45, 2.75) is 30.8 Å². The Morgan fingerprint density at radius 2 is 1.91 bits per heavy atom. The molecule has 3 rings (SSSR count). The van der Waals surface area contributed by atoms with Gasteiger partial charge in [0, 0.05) is 19.6 Å². The minimum Gasteiger partial charge on any atom is -0.297 e. The van der Waals surface area contributed by atoms with Crippen LogP contribution in [0.2, 0.25) is 0 Å². The number of nitrogens with zero attached hydrogens (tertiary/aromatic N) is 1. The Labute approximate surface area is 128 Å². The first-order chi connectivity index (χ1) is 10.2. The van der Waals surface area contributed by atoms with Crippen LogP contribution in [0.4, 0.5) is 13.2 Å². The molecule has 7 heteroatoms. The van der Waals surface area contributed by atoms with Crippen molar-refractivity contribution >= 4 is 9.84 Å². The van der Waals surface area contributed by atoms with Gasteiger partial charge in [-0.05, 0) is 18.4 Å². The summed E-state index contributed by atoms with van der Waals surface area (Å²) in [6, 6.07) is 9.19. The predicted octanol–water partition coefficient (Wildman–Crippen LogP) is 2.63. The number of rotatable bonds is 2. The summed E-state index contributed by atoms with van der Waals surface area (Å²) in [6.45, 7) is 0.0940. The molecule has 0 aliphatic carbocycles. The number of halogens is 3. The second-order valence-electron chi connectivity index (χ2n) is 6.27. The summed E-state index contributed by atoms with van der Waals surface area (Å²) in [4.78, 5) is 1.64. The summed E-state index contributed by atoms with van der Waals surface area (Å²) in [7, 11) is -3.69. The van der Waals surface area contributed by atoms with Crippen LogP contribution in [-0.2, 0) is 16.4 Å². The van der Waals surface area contributed by atoms with Crippen molar-refractivity contribution < 1.29 is 21.6 Å². The summed E-state index contributed by atoms with van der Waals surface area (Å²) in [5, 5.41) is -1.32. The van der Waals surface area contributed by atoms with E-state index >= 15 is 0 Å². The summed E-state index contributed by atoms with van der Waals surface area (Å²) in [5.74, 6) is -0.130. The van der Waals surface area contributed by atoms with Crippen molar-refractivity contribution in [1.82, 2.24) is 4.90 Å². The number of hydrogen-bond acceptors (Lipinski definition) is 3. The largest absolute Gasteiger partial charge is 0.397 e. The van der Waals surface area contributed by atoms with E-state index in [4.69, 9.17) is 0 Å². The average molecular weight is 333 g/mol. The van der Waals surface area contributed by atoms with Gasteiger partial charge in [0.25, 0.3) is 0 Å². The first-order valence-corrected chi connectivity index (χ1v) is 9.01. The van der Waals surface area contributed by atoms with Crippen LogP contribution < -0.4 is 0 Å². The number of benzene rings is 1. The Kier molecular flexibility index (Phi) is 3.76. The minimum atomic E-state index is -4.49. The normalized spacial score (nSPS) is 31.9. The molecule has 0 unspecified atom stereocenters. The summed E-state index contributed by atoms with van der Waals surface area (Å²) < 4.78 is 65.3. The van der Waals surface area contributed by atoms with Gasteiger partial charge < -0.3 is 0 Å². The van der Waals surface area contributed by atoms with Gasteiger partial charge in [0.2, 0.25) is 0 Å². The summed E-state index contributed by atoms with van der Waals surface area (Å²) >= 11 is 0. The monoisotopic (exact) mass is 333 g/mol. The van der Waals surface area contributed by atoms with Gasteiger partial charge in [-0.3, -0.25) is 4.90 Å². The third kappa shape index (κ3) is 2.54. The lowest BCUT2D eigenvalue weighted by atomic mass is 9.81. The molecule has 2 atom stereocenters. The molecule has 0 saturated carbocycles. The van der Waals surface area contributed by atoms with E-state index in [2.05, 4.69) is 0 Å². The van der Waals surface area contributed by atoms with Crippen LogP contribution in [0.15, 0.2) is 30.3 Å². The SMILES string of the molecule is O=S1(=O)CCC[C@]2(C(F)(F)F)CN(Cc3ccccc3)C[C@@H]21. The highest BCUT2D eigenvalue weighted by Gasteiger charge is 2.67. The van der Waals surface area contributed by atoms with Gasteiger partial charge in [-0.15, -0.1) is 0 Å². The van der Waals surface area contributed by atoms with E-state index in [1.54, 1.807) is 4.90 Å². The van der Waals surface area contributed by atoms with Crippen LogP contribution in [0.5, 0.6) is 0 Å². The lowest BCUT2D eigenvalue weighted by Gasteiger charge is -2.39. The van der Waals surface area contributed by atoms with E-state index in [9.17, 15) is 21.6 Å². The smallest absolute Gasteiger partial charge is 0.297 e. The van der Waals surface area contributed by atoms with Crippen molar-refractivity contribution in [3.05, 3.63) is 35.9 Å². The van der Waals surface area contributed by atoms with Crippen molar-refractivity contribution in [3.8, 4) is 0 Å². The van der Waals surface area contributed by atoms with Crippen LogP contribution in [0, 0.1) is 5.41 Å². The average Bonchev–Trinajstić information content (AvgIpc) is 2.80. The first-order valence-electron chi connectivity index (χ1n) is 7.29. The highest BCUT2D eigenvalue weighted by atomic mass is 32.2. The molecule has 22 heavy (non-hydrogen) atoms. The quantitative estimate of drug-likeness (QED) is 0.835. The van der Waals surface area contributed by atoms with Gasteiger partial charge in [0.1, 0.15) is 0 Å². The second-order valence-corrected chi connectivity index (χ2v) is 8.57. The molecule has 2 aliphatic heterocycles. The third-order valence-electron chi connectivity index (χ3n) is 4.84. The van der Waals surface area contributed by atoms with E-state index in [1.807, 2.05) is 30.3 Å². The number of hydrogen-bond donors (Lipinski definition) is 0. The molecular formula is C15H18F3NO2S. The predicted molar refractivity (Wildman–Crippen MR) is 77.0 cm³/mol. The van der Waals surface area contributed by atoms with Gasteiger partial charge in [0.05, 0.1) is 16.4 Å². The Morgan fingerprint density at radius 3 is 2.50 bits per heavy atom. The van der Waals surface area contributed by atoms with E-state index in [0.29, 0.717) is 6.54 Å². The third-order valence-corrected chi connectivity index (χ3v) is 7.17. The molecule has 0 aromatic heterocycles. The molecular weight excluding hydrogens is 315 g/mol. The van der Waals surface area contributed by atoms with E-state index in [0.717, 1.165) is 5.56 Å². The molecule has 3 nitrogen and oxygen atoms in total. The maximum absolute atomic E-state index is 13.7. The molecule has 2 fully saturated rings. The summed E-state index contributed by atoms with van der Waals surface area (Å²) in [6.07, 6.45) is -4.49. The zero-order valence-corrected chi connectivity index (χ0v) is 12.8. The molecule has 2 saturated heterocycles. The molecule has 2 aliphatic rings. The zero-order chi connectivity index (χ0) is 16.0. The lowest BCUT2D eigenvalue weighted by molar-refractivity contribution is -0.221. The Morgan fingerprint density at radius 1 is 1.23 bits per heavy atom. The van der Waals surface area contributed by atoms with Gasteiger partial charge >= 0.3 is 6.18 Å². The van der Waals surface area contributed by atoms with Crippen LogP contribution in [0.1, 0.15) is 18.4 Å².